The first-order valence-electron chi connectivity index (χ1n) is 9.43. The summed E-state index contributed by atoms with van der Waals surface area (Å²) in [6, 6.07) is 14.0. The number of halogens is 1. The van der Waals surface area contributed by atoms with Crippen LogP contribution >= 0.6 is 11.6 Å². The summed E-state index contributed by atoms with van der Waals surface area (Å²) >= 11 is 5.96. The summed E-state index contributed by atoms with van der Waals surface area (Å²) in [5, 5.41) is 0.530. The summed E-state index contributed by atoms with van der Waals surface area (Å²) in [7, 11) is 0. The van der Waals surface area contributed by atoms with E-state index in [9.17, 15) is 9.59 Å². The maximum absolute atomic E-state index is 12.9. The van der Waals surface area contributed by atoms with E-state index in [0.29, 0.717) is 48.5 Å². The van der Waals surface area contributed by atoms with E-state index in [-0.39, 0.29) is 25.0 Å². The van der Waals surface area contributed by atoms with Crippen molar-refractivity contribution in [3.63, 3.8) is 0 Å². The van der Waals surface area contributed by atoms with Gasteiger partial charge in [0.1, 0.15) is 11.5 Å². The predicted octanol–water partition coefficient (Wildman–Crippen LogP) is 2.37. The van der Waals surface area contributed by atoms with E-state index in [0.717, 1.165) is 0 Å². The van der Waals surface area contributed by atoms with Crippen molar-refractivity contribution in [2.24, 2.45) is 0 Å². The zero-order chi connectivity index (χ0) is 20.2. The Bertz CT molecular complexity index is 900. The quantitative estimate of drug-likeness (QED) is 0.765. The zero-order valence-corrected chi connectivity index (χ0v) is 16.5. The summed E-state index contributed by atoms with van der Waals surface area (Å²) in [5.41, 5.74) is 0.623. The summed E-state index contributed by atoms with van der Waals surface area (Å²) < 4.78 is 16.8. The van der Waals surface area contributed by atoms with Gasteiger partial charge in [0.25, 0.3) is 11.8 Å². The highest BCUT2D eigenvalue weighted by molar-refractivity contribution is 6.30. The van der Waals surface area contributed by atoms with Crippen LogP contribution in [0.2, 0.25) is 5.02 Å². The molecule has 152 valence electrons. The van der Waals surface area contributed by atoms with Gasteiger partial charge >= 0.3 is 0 Å². The number of morpholine rings is 1. The van der Waals surface area contributed by atoms with Crippen LogP contribution in [0.1, 0.15) is 0 Å². The van der Waals surface area contributed by atoms with Gasteiger partial charge in [0.2, 0.25) is 0 Å². The van der Waals surface area contributed by atoms with Gasteiger partial charge in [-0.25, -0.2) is 0 Å². The third-order valence-corrected chi connectivity index (χ3v) is 5.07. The van der Waals surface area contributed by atoms with Crippen LogP contribution in [0.4, 0.5) is 5.69 Å². The van der Waals surface area contributed by atoms with Gasteiger partial charge in [-0.05, 0) is 30.3 Å². The van der Waals surface area contributed by atoms with Crippen LogP contribution in [0.3, 0.4) is 0 Å². The molecular formula is C21H21ClN2O5. The van der Waals surface area contributed by atoms with E-state index in [4.69, 9.17) is 25.8 Å². The van der Waals surface area contributed by atoms with Crippen molar-refractivity contribution in [2.75, 3.05) is 44.4 Å². The van der Waals surface area contributed by atoms with E-state index < -0.39 is 6.10 Å². The lowest BCUT2D eigenvalue weighted by Crippen LogP contribution is -2.54. The number of nitrogens with zero attached hydrogens (tertiary/aromatic N) is 2. The Balaban J connectivity index is 1.49. The van der Waals surface area contributed by atoms with Gasteiger partial charge in [0.05, 0.1) is 25.4 Å². The molecule has 8 heteroatoms. The summed E-state index contributed by atoms with van der Waals surface area (Å²) in [6.45, 7) is 2.01. The molecule has 2 aliphatic rings. The summed E-state index contributed by atoms with van der Waals surface area (Å²) in [5.74, 6) is 0.603. The highest BCUT2D eigenvalue weighted by atomic mass is 35.5. The number of para-hydroxylation sites is 2. The van der Waals surface area contributed by atoms with Crippen LogP contribution in [0.15, 0.2) is 48.5 Å². The molecule has 1 unspecified atom stereocenters. The lowest BCUT2D eigenvalue weighted by molar-refractivity contribution is -0.142. The molecule has 2 amide bonds. The number of hydrogen-bond acceptors (Lipinski definition) is 5. The van der Waals surface area contributed by atoms with Crippen molar-refractivity contribution < 1.29 is 23.8 Å². The Morgan fingerprint density at radius 1 is 1.10 bits per heavy atom. The smallest absolute Gasteiger partial charge is 0.265 e. The number of amides is 2. The second kappa shape index (κ2) is 8.71. The van der Waals surface area contributed by atoms with E-state index in [1.807, 2.05) is 12.1 Å². The van der Waals surface area contributed by atoms with Gasteiger partial charge < -0.3 is 24.0 Å². The minimum atomic E-state index is -0.766. The molecule has 0 bridgehead atoms. The second-order valence-corrected chi connectivity index (χ2v) is 7.20. The molecule has 0 aliphatic carbocycles. The molecule has 2 aromatic rings. The average molecular weight is 417 g/mol. The molecule has 0 spiro atoms. The van der Waals surface area contributed by atoms with Crippen molar-refractivity contribution >= 4 is 29.1 Å². The summed E-state index contributed by atoms with van der Waals surface area (Å²) in [6.07, 6.45) is -0.766. The SMILES string of the molecule is O=C(C1CN(C(=O)COc2cccc(Cl)c2)c2ccccc2O1)N1CCOCC1. The molecule has 1 fully saturated rings. The van der Waals surface area contributed by atoms with Crippen molar-refractivity contribution in [3.05, 3.63) is 53.6 Å². The second-order valence-electron chi connectivity index (χ2n) is 6.76. The predicted molar refractivity (Wildman–Crippen MR) is 108 cm³/mol. The lowest BCUT2D eigenvalue weighted by Gasteiger charge is -2.37. The molecule has 0 N–H and O–H groups in total. The molecule has 7 nitrogen and oxygen atoms in total. The van der Waals surface area contributed by atoms with Crippen LogP contribution in [0, 0.1) is 0 Å². The van der Waals surface area contributed by atoms with Crippen LogP contribution in [-0.2, 0) is 14.3 Å². The van der Waals surface area contributed by atoms with Gasteiger partial charge in [-0.15, -0.1) is 0 Å². The van der Waals surface area contributed by atoms with Crippen LogP contribution in [0.25, 0.3) is 0 Å². The number of carbonyl (C=O) groups excluding carboxylic acids is 2. The third kappa shape index (κ3) is 4.46. The largest absolute Gasteiger partial charge is 0.484 e. The zero-order valence-electron chi connectivity index (χ0n) is 15.8. The van der Waals surface area contributed by atoms with Gasteiger partial charge in [-0.3, -0.25) is 9.59 Å². The van der Waals surface area contributed by atoms with Crippen molar-refractivity contribution in [3.8, 4) is 11.5 Å². The number of anilines is 1. The number of fused-ring (bicyclic) bond motifs is 1. The minimum Gasteiger partial charge on any atom is -0.484 e. The number of benzene rings is 2. The van der Waals surface area contributed by atoms with Crippen molar-refractivity contribution in [1.29, 1.82) is 0 Å². The molecule has 4 rings (SSSR count). The number of hydrogen-bond donors (Lipinski definition) is 0. The minimum absolute atomic E-state index is 0.130. The highest BCUT2D eigenvalue weighted by Gasteiger charge is 2.36. The van der Waals surface area contributed by atoms with E-state index >= 15 is 0 Å². The van der Waals surface area contributed by atoms with E-state index in [2.05, 4.69) is 0 Å². The Hall–Kier alpha value is -2.77. The molecule has 2 aromatic carbocycles. The maximum Gasteiger partial charge on any atom is 0.265 e. The Morgan fingerprint density at radius 2 is 1.90 bits per heavy atom. The van der Waals surface area contributed by atoms with Gasteiger partial charge in [-0.2, -0.15) is 0 Å². The van der Waals surface area contributed by atoms with Gasteiger partial charge in [-0.1, -0.05) is 29.8 Å². The average Bonchev–Trinajstić information content (AvgIpc) is 2.77. The molecule has 0 saturated carbocycles. The van der Waals surface area contributed by atoms with Gasteiger partial charge in [0.15, 0.2) is 12.7 Å². The first-order chi connectivity index (χ1) is 14.1. The van der Waals surface area contributed by atoms with Crippen LogP contribution < -0.4 is 14.4 Å². The van der Waals surface area contributed by atoms with E-state index in [1.54, 1.807) is 46.2 Å². The molecule has 2 heterocycles. The molecule has 0 radical (unpaired) electrons. The van der Waals surface area contributed by atoms with Crippen LogP contribution in [0.5, 0.6) is 11.5 Å². The Labute approximate surface area is 173 Å². The number of carbonyl (C=O) groups is 2. The standard InChI is InChI=1S/C21H21ClN2O5/c22-15-4-3-5-16(12-15)28-14-20(25)24-13-19(21(26)23-8-10-27-11-9-23)29-18-7-2-1-6-17(18)24/h1-7,12,19H,8-11,13-14H2. The molecule has 1 atom stereocenters. The Kier molecular flexibility index (Phi) is 5.87. The summed E-state index contributed by atoms with van der Waals surface area (Å²) in [4.78, 5) is 29.1. The van der Waals surface area contributed by atoms with Crippen molar-refractivity contribution in [1.82, 2.24) is 4.90 Å². The van der Waals surface area contributed by atoms with Gasteiger partial charge in [0, 0.05) is 18.1 Å². The fraction of sp³-hybridized carbons (Fsp3) is 0.333. The molecule has 29 heavy (non-hydrogen) atoms. The maximum atomic E-state index is 12.9. The Morgan fingerprint density at radius 3 is 2.69 bits per heavy atom. The van der Waals surface area contributed by atoms with Crippen molar-refractivity contribution in [2.45, 2.75) is 6.10 Å². The fourth-order valence-electron chi connectivity index (χ4n) is 3.37. The monoisotopic (exact) mass is 416 g/mol. The normalized spacial score (nSPS) is 18.6. The first kappa shape index (κ1) is 19.5. The number of rotatable bonds is 4. The third-order valence-electron chi connectivity index (χ3n) is 4.83. The van der Waals surface area contributed by atoms with E-state index in [1.165, 1.54) is 0 Å². The highest BCUT2D eigenvalue weighted by Crippen LogP contribution is 2.33. The lowest BCUT2D eigenvalue weighted by atomic mass is 10.1. The molecule has 1 saturated heterocycles. The van der Waals surface area contributed by atoms with Crippen LogP contribution in [-0.4, -0.2) is 62.3 Å². The molecule has 2 aliphatic heterocycles. The topological polar surface area (TPSA) is 68.3 Å². The fourth-order valence-corrected chi connectivity index (χ4v) is 3.55. The number of ether oxygens (including phenoxy) is 3. The molecule has 0 aromatic heterocycles. The molecular weight excluding hydrogens is 396 g/mol. The first-order valence-corrected chi connectivity index (χ1v) is 9.80.